The molecule has 0 saturated carbocycles. The smallest absolute Gasteiger partial charge is 0.231 e. The minimum atomic E-state index is 0.432. The molecule has 2 rings (SSSR count). The number of nitrogen functional groups attached to an aromatic ring is 1. The topological polar surface area (TPSA) is 52.0 Å². The van der Waals surface area contributed by atoms with Crippen molar-refractivity contribution in [2.24, 2.45) is 5.92 Å². The van der Waals surface area contributed by atoms with Crippen molar-refractivity contribution in [3.63, 3.8) is 0 Å². The van der Waals surface area contributed by atoms with Crippen molar-refractivity contribution in [3.8, 4) is 10.4 Å². The second-order valence-electron chi connectivity index (χ2n) is 4.28. The Bertz CT molecular complexity index is 446. The van der Waals surface area contributed by atoms with Gasteiger partial charge in [-0.05, 0) is 30.2 Å². The highest BCUT2D eigenvalue weighted by Crippen LogP contribution is 2.33. The lowest BCUT2D eigenvalue weighted by Crippen LogP contribution is -1.94. The lowest BCUT2D eigenvalue weighted by atomic mass is 10.0. The Labute approximate surface area is 99.3 Å². The van der Waals surface area contributed by atoms with Crippen molar-refractivity contribution in [2.75, 3.05) is 5.73 Å². The number of thiophene rings is 1. The molecule has 0 atom stereocenters. The van der Waals surface area contributed by atoms with Crippen LogP contribution in [-0.2, 0) is 6.42 Å². The lowest BCUT2D eigenvalue weighted by Gasteiger charge is -2.02. The van der Waals surface area contributed by atoms with Crippen LogP contribution in [0.4, 0.5) is 5.88 Å². The predicted molar refractivity (Wildman–Crippen MR) is 67.4 cm³/mol. The monoisotopic (exact) mass is 236 g/mol. The molecule has 0 amide bonds. The molecule has 3 nitrogen and oxygen atoms in total. The van der Waals surface area contributed by atoms with Gasteiger partial charge in [-0.15, -0.1) is 11.3 Å². The fraction of sp³-hybridized carbons (Fsp3) is 0.417. The van der Waals surface area contributed by atoms with Gasteiger partial charge in [0.25, 0.3) is 0 Å². The van der Waals surface area contributed by atoms with Gasteiger partial charge in [0.1, 0.15) is 0 Å². The van der Waals surface area contributed by atoms with Crippen molar-refractivity contribution in [3.05, 3.63) is 23.2 Å². The number of hydrogen-bond acceptors (Lipinski definition) is 4. The van der Waals surface area contributed by atoms with Crippen LogP contribution in [0.2, 0.25) is 0 Å². The summed E-state index contributed by atoms with van der Waals surface area (Å²) in [5.41, 5.74) is 7.78. The molecule has 0 aliphatic carbocycles. The summed E-state index contributed by atoms with van der Waals surface area (Å²) in [7, 11) is 0. The van der Waals surface area contributed by atoms with Gasteiger partial charge < -0.3 is 10.3 Å². The van der Waals surface area contributed by atoms with E-state index in [0.717, 1.165) is 29.0 Å². The molecule has 2 heterocycles. The Morgan fingerprint density at radius 2 is 2.31 bits per heavy atom. The molecular weight excluding hydrogens is 220 g/mol. The SMILES string of the molecule is CC(C)CCc1noc(N)c1-c1cccs1. The average Bonchev–Trinajstić information content (AvgIpc) is 2.83. The molecule has 4 heteroatoms. The quantitative estimate of drug-likeness (QED) is 0.882. The summed E-state index contributed by atoms with van der Waals surface area (Å²) >= 11 is 1.66. The molecule has 0 radical (unpaired) electrons. The third-order valence-electron chi connectivity index (χ3n) is 2.52. The maximum Gasteiger partial charge on any atom is 0.231 e. The number of hydrogen-bond donors (Lipinski definition) is 1. The summed E-state index contributed by atoms with van der Waals surface area (Å²) in [6.45, 7) is 4.41. The van der Waals surface area contributed by atoms with Crippen molar-refractivity contribution in [1.82, 2.24) is 5.16 Å². The third-order valence-corrected chi connectivity index (χ3v) is 3.40. The maximum atomic E-state index is 5.82. The van der Waals surface area contributed by atoms with Gasteiger partial charge in [-0.1, -0.05) is 25.1 Å². The van der Waals surface area contributed by atoms with Crippen LogP contribution in [0.5, 0.6) is 0 Å². The summed E-state index contributed by atoms with van der Waals surface area (Å²) in [5.74, 6) is 1.09. The Hall–Kier alpha value is -1.29. The van der Waals surface area contributed by atoms with Gasteiger partial charge in [-0.3, -0.25) is 0 Å². The van der Waals surface area contributed by atoms with Crippen molar-refractivity contribution < 1.29 is 4.52 Å². The highest BCUT2D eigenvalue weighted by molar-refractivity contribution is 7.13. The number of nitrogens with zero attached hydrogens (tertiary/aromatic N) is 1. The first-order valence-electron chi connectivity index (χ1n) is 5.46. The Kier molecular flexibility index (Phi) is 3.29. The molecular formula is C12H16N2OS. The molecule has 0 aliphatic heterocycles. The number of nitrogens with two attached hydrogens (primary N) is 1. The molecule has 86 valence electrons. The van der Waals surface area contributed by atoms with E-state index in [9.17, 15) is 0 Å². The molecule has 0 fully saturated rings. The first kappa shape index (κ1) is 11.2. The third kappa shape index (κ3) is 2.27. The largest absolute Gasteiger partial charge is 0.367 e. The zero-order chi connectivity index (χ0) is 11.5. The van der Waals surface area contributed by atoms with Gasteiger partial charge in [0.15, 0.2) is 0 Å². The normalized spacial score (nSPS) is 11.2. The zero-order valence-electron chi connectivity index (χ0n) is 9.56. The van der Waals surface area contributed by atoms with Gasteiger partial charge in [0.2, 0.25) is 5.88 Å². The standard InChI is InChI=1S/C12H16N2OS/c1-8(2)5-6-9-11(12(13)15-14-9)10-4-3-7-16-10/h3-4,7-8H,5-6,13H2,1-2H3. The van der Waals surface area contributed by atoms with Gasteiger partial charge in [-0.2, -0.15) is 0 Å². The fourth-order valence-electron chi connectivity index (χ4n) is 1.62. The number of anilines is 1. The van der Waals surface area contributed by atoms with Gasteiger partial charge in [-0.25, -0.2) is 0 Å². The van der Waals surface area contributed by atoms with Gasteiger partial charge in [0.05, 0.1) is 11.3 Å². The predicted octanol–water partition coefficient (Wildman–Crippen LogP) is 3.57. The summed E-state index contributed by atoms with van der Waals surface area (Å²) in [6, 6.07) is 4.06. The van der Waals surface area contributed by atoms with E-state index < -0.39 is 0 Å². The second kappa shape index (κ2) is 4.70. The molecule has 2 aromatic heterocycles. The minimum absolute atomic E-state index is 0.432. The van der Waals surface area contributed by atoms with Crippen LogP contribution in [-0.4, -0.2) is 5.16 Å². The van der Waals surface area contributed by atoms with E-state index in [1.165, 1.54) is 0 Å². The first-order chi connectivity index (χ1) is 7.68. The van der Waals surface area contributed by atoms with E-state index in [1.54, 1.807) is 11.3 Å². The van der Waals surface area contributed by atoms with Crippen molar-refractivity contribution in [1.29, 1.82) is 0 Å². The highest BCUT2D eigenvalue weighted by atomic mass is 32.1. The Balaban J connectivity index is 2.26. The van der Waals surface area contributed by atoms with Gasteiger partial charge in [0, 0.05) is 4.88 Å². The maximum absolute atomic E-state index is 5.82. The minimum Gasteiger partial charge on any atom is -0.367 e. The molecule has 0 saturated heterocycles. The number of aryl methyl sites for hydroxylation is 1. The summed E-state index contributed by atoms with van der Waals surface area (Å²) in [5, 5.41) is 6.09. The van der Waals surface area contributed by atoms with Crippen LogP contribution in [0.1, 0.15) is 26.0 Å². The molecule has 0 aromatic carbocycles. The van der Waals surface area contributed by atoms with Crippen LogP contribution < -0.4 is 5.73 Å². The van der Waals surface area contributed by atoms with E-state index in [0.29, 0.717) is 11.8 Å². The van der Waals surface area contributed by atoms with E-state index in [2.05, 4.69) is 19.0 Å². The summed E-state index contributed by atoms with van der Waals surface area (Å²) < 4.78 is 5.09. The number of aromatic nitrogens is 1. The van der Waals surface area contributed by atoms with E-state index in [1.807, 2.05) is 17.5 Å². The van der Waals surface area contributed by atoms with E-state index in [4.69, 9.17) is 10.3 Å². The van der Waals surface area contributed by atoms with Crippen LogP contribution in [0.25, 0.3) is 10.4 Å². The fourth-order valence-corrected chi connectivity index (χ4v) is 2.42. The van der Waals surface area contributed by atoms with Crippen LogP contribution >= 0.6 is 11.3 Å². The highest BCUT2D eigenvalue weighted by Gasteiger charge is 2.16. The zero-order valence-corrected chi connectivity index (χ0v) is 10.4. The summed E-state index contributed by atoms with van der Waals surface area (Å²) in [4.78, 5) is 1.14. The molecule has 2 N–H and O–H groups in total. The Morgan fingerprint density at radius 1 is 1.50 bits per heavy atom. The first-order valence-corrected chi connectivity index (χ1v) is 6.34. The summed E-state index contributed by atoms with van der Waals surface area (Å²) in [6.07, 6.45) is 2.02. The van der Waals surface area contributed by atoms with Crippen LogP contribution in [0, 0.1) is 5.92 Å². The molecule has 0 bridgehead atoms. The lowest BCUT2D eigenvalue weighted by molar-refractivity contribution is 0.423. The second-order valence-corrected chi connectivity index (χ2v) is 5.23. The molecule has 0 aliphatic rings. The Morgan fingerprint density at radius 3 is 2.94 bits per heavy atom. The van der Waals surface area contributed by atoms with E-state index in [-0.39, 0.29) is 0 Å². The molecule has 16 heavy (non-hydrogen) atoms. The molecule has 0 spiro atoms. The van der Waals surface area contributed by atoms with E-state index >= 15 is 0 Å². The number of rotatable bonds is 4. The van der Waals surface area contributed by atoms with Gasteiger partial charge >= 0.3 is 0 Å². The van der Waals surface area contributed by atoms with Crippen molar-refractivity contribution >= 4 is 17.2 Å². The van der Waals surface area contributed by atoms with Crippen LogP contribution in [0.3, 0.4) is 0 Å². The molecule has 2 aromatic rings. The average molecular weight is 236 g/mol. The van der Waals surface area contributed by atoms with Crippen molar-refractivity contribution in [2.45, 2.75) is 26.7 Å². The molecule has 0 unspecified atom stereocenters. The van der Waals surface area contributed by atoms with Crippen LogP contribution in [0.15, 0.2) is 22.0 Å².